The molecule has 0 radical (unpaired) electrons. The minimum Gasteiger partial charge on any atom is -0.397 e. The number of aryl methyl sites for hydroxylation is 2. The van der Waals surface area contributed by atoms with E-state index in [4.69, 9.17) is 15.0 Å². The molecule has 1 aromatic heterocycles. The SMILES string of the molecule is COC1CCCC1.Cc1noc(C)c1-c1ccc(N)c(NC=O)c1.O=C1CCCN1. The zero-order valence-electron chi connectivity index (χ0n) is 18.0. The van der Waals surface area contributed by atoms with Crippen molar-refractivity contribution in [1.29, 1.82) is 0 Å². The van der Waals surface area contributed by atoms with Gasteiger partial charge in [-0.1, -0.05) is 24.1 Å². The van der Waals surface area contributed by atoms with Crippen LogP contribution in [-0.4, -0.2) is 37.2 Å². The minimum absolute atomic E-state index is 0.204. The van der Waals surface area contributed by atoms with Gasteiger partial charge >= 0.3 is 0 Å². The van der Waals surface area contributed by atoms with Gasteiger partial charge in [0.25, 0.3) is 0 Å². The smallest absolute Gasteiger partial charge is 0.220 e. The Morgan fingerprint density at radius 3 is 2.43 bits per heavy atom. The van der Waals surface area contributed by atoms with Crippen molar-refractivity contribution in [2.45, 2.75) is 58.5 Å². The summed E-state index contributed by atoms with van der Waals surface area (Å²) in [5.41, 5.74) is 9.50. The van der Waals surface area contributed by atoms with Gasteiger partial charge in [0, 0.05) is 25.6 Å². The predicted octanol–water partition coefficient (Wildman–Crippen LogP) is 3.58. The number of ether oxygens (including phenoxy) is 1. The molecule has 2 heterocycles. The number of nitrogens with one attached hydrogen (secondary N) is 2. The molecule has 164 valence electrons. The van der Waals surface area contributed by atoms with Crippen molar-refractivity contribution in [2.24, 2.45) is 0 Å². The fraction of sp³-hybridized carbons (Fsp3) is 0.500. The lowest BCUT2D eigenvalue weighted by Crippen LogP contribution is -2.12. The van der Waals surface area contributed by atoms with Crippen molar-refractivity contribution in [1.82, 2.24) is 10.5 Å². The van der Waals surface area contributed by atoms with Gasteiger partial charge in [0.2, 0.25) is 12.3 Å². The van der Waals surface area contributed by atoms with E-state index in [-0.39, 0.29) is 5.91 Å². The Hall–Kier alpha value is -2.87. The number of aromatic nitrogens is 1. The summed E-state index contributed by atoms with van der Waals surface area (Å²) in [5.74, 6) is 0.944. The first-order valence-electron chi connectivity index (χ1n) is 10.3. The fourth-order valence-corrected chi connectivity index (χ4v) is 3.48. The highest BCUT2D eigenvalue weighted by Crippen LogP contribution is 2.31. The maximum atomic E-state index is 10.5. The topological polar surface area (TPSA) is 119 Å². The molecule has 1 aliphatic heterocycles. The zero-order chi connectivity index (χ0) is 21.9. The maximum Gasteiger partial charge on any atom is 0.220 e. The van der Waals surface area contributed by atoms with Crippen molar-refractivity contribution in [3.63, 3.8) is 0 Å². The highest BCUT2D eigenvalue weighted by molar-refractivity contribution is 5.84. The Labute approximate surface area is 177 Å². The van der Waals surface area contributed by atoms with Gasteiger partial charge in [0.1, 0.15) is 5.76 Å². The van der Waals surface area contributed by atoms with Crippen molar-refractivity contribution in [2.75, 3.05) is 24.7 Å². The Morgan fingerprint density at radius 2 is 2.00 bits per heavy atom. The van der Waals surface area contributed by atoms with Crippen LogP contribution in [0.5, 0.6) is 0 Å². The van der Waals surface area contributed by atoms with Crippen LogP contribution in [0.15, 0.2) is 22.7 Å². The lowest BCUT2D eigenvalue weighted by atomic mass is 10.0. The first-order valence-corrected chi connectivity index (χ1v) is 10.3. The van der Waals surface area contributed by atoms with E-state index in [1.54, 1.807) is 19.2 Å². The molecule has 2 amide bonds. The van der Waals surface area contributed by atoms with E-state index in [1.807, 2.05) is 19.9 Å². The van der Waals surface area contributed by atoms with Crippen molar-refractivity contribution >= 4 is 23.7 Å². The molecule has 1 aliphatic carbocycles. The number of methoxy groups -OCH3 is 1. The van der Waals surface area contributed by atoms with Crippen LogP contribution in [-0.2, 0) is 14.3 Å². The number of nitrogens with two attached hydrogens (primary N) is 1. The highest BCUT2D eigenvalue weighted by Gasteiger charge is 2.13. The van der Waals surface area contributed by atoms with Crippen molar-refractivity contribution in [3.05, 3.63) is 29.7 Å². The molecule has 2 aromatic rings. The van der Waals surface area contributed by atoms with Crippen LogP contribution in [0.3, 0.4) is 0 Å². The number of nitrogen functional groups attached to an aromatic ring is 1. The molecule has 1 saturated carbocycles. The molecule has 0 atom stereocenters. The Bertz CT molecular complexity index is 801. The molecule has 30 heavy (non-hydrogen) atoms. The number of carbonyl (C=O) groups is 2. The van der Waals surface area contributed by atoms with Gasteiger partial charge in [-0.3, -0.25) is 9.59 Å². The number of hydrogen-bond acceptors (Lipinski definition) is 6. The van der Waals surface area contributed by atoms with Gasteiger partial charge in [-0.25, -0.2) is 0 Å². The molecular formula is C22H32N4O4. The third kappa shape index (κ3) is 6.88. The van der Waals surface area contributed by atoms with Crippen LogP contribution in [0.2, 0.25) is 0 Å². The summed E-state index contributed by atoms with van der Waals surface area (Å²) >= 11 is 0. The van der Waals surface area contributed by atoms with E-state index in [0.29, 0.717) is 23.9 Å². The van der Waals surface area contributed by atoms with Crippen LogP contribution in [0.4, 0.5) is 11.4 Å². The van der Waals surface area contributed by atoms with Crippen LogP contribution in [0, 0.1) is 13.8 Å². The Morgan fingerprint density at radius 1 is 1.27 bits per heavy atom. The predicted molar refractivity (Wildman–Crippen MR) is 117 cm³/mol. The number of nitrogens with zero attached hydrogens (tertiary/aromatic N) is 1. The average Bonchev–Trinajstić information content (AvgIpc) is 3.49. The number of benzene rings is 1. The molecule has 4 N–H and O–H groups in total. The molecule has 8 heteroatoms. The summed E-state index contributed by atoms with van der Waals surface area (Å²) in [6.45, 7) is 4.60. The van der Waals surface area contributed by atoms with Crippen molar-refractivity contribution in [3.8, 4) is 11.1 Å². The van der Waals surface area contributed by atoms with Gasteiger partial charge in [0.15, 0.2) is 0 Å². The lowest BCUT2D eigenvalue weighted by molar-refractivity contribution is -0.119. The Kier molecular flexibility index (Phi) is 9.34. The first-order chi connectivity index (χ1) is 14.5. The average molecular weight is 417 g/mol. The second-order valence-electron chi connectivity index (χ2n) is 7.36. The standard InChI is InChI=1S/C12H13N3O2.C6H12O.C4H7NO/c1-7-12(8(2)17-15-7)9-3-4-10(13)11(5-9)14-6-16;1-7-6-4-2-3-5-6;6-4-2-1-3-5-4/h3-6H,13H2,1-2H3,(H,14,16);6H,2-5H2,1H3;1-3H2,(H,5,6). The van der Waals surface area contributed by atoms with Crippen LogP contribution in [0.1, 0.15) is 50.0 Å². The molecule has 8 nitrogen and oxygen atoms in total. The molecular weight excluding hydrogens is 384 g/mol. The second-order valence-corrected chi connectivity index (χ2v) is 7.36. The first kappa shape index (κ1) is 23.4. The normalized spacial score (nSPS) is 15.5. The quantitative estimate of drug-likeness (QED) is 0.518. The molecule has 1 aromatic carbocycles. The van der Waals surface area contributed by atoms with Crippen LogP contribution >= 0.6 is 0 Å². The molecule has 2 fully saturated rings. The molecule has 0 unspecified atom stereocenters. The molecule has 1 saturated heterocycles. The van der Waals surface area contributed by atoms with Crippen LogP contribution in [0.25, 0.3) is 11.1 Å². The van der Waals surface area contributed by atoms with Crippen LogP contribution < -0.4 is 16.4 Å². The van der Waals surface area contributed by atoms with Gasteiger partial charge in [0.05, 0.1) is 23.2 Å². The number of hydrogen-bond donors (Lipinski definition) is 3. The summed E-state index contributed by atoms with van der Waals surface area (Å²) in [4.78, 5) is 20.6. The third-order valence-corrected chi connectivity index (χ3v) is 5.13. The zero-order valence-corrected chi connectivity index (χ0v) is 18.0. The number of carbonyl (C=O) groups excluding carboxylic acids is 2. The summed E-state index contributed by atoms with van der Waals surface area (Å²) in [5, 5.41) is 9.14. The summed E-state index contributed by atoms with van der Waals surface area (Å²) < 4.78 is 10.2. The Balaban J connectivity index is 0.000000200. The number of amides is 2. The molecule has 0 spiro atoms. The lowest BCUT2D eigenvalue weighted by Gasteiger charge is -2.07. The maximum absolute atomic E-state index is 10.5. The van der Waals surface area contributed by atoms with E-state index in [1.165, 1.54) is 25.7 Å². The van der Waals surface area contributed by atoms with Crippen molar-refractivity contribution < 1.29 is 18.8 Å². The van der Waals surface area contributed by atoms with Gasteiger partial charge in [-0.2, -0.15) is 0 Å². The van der Waals surface area contributed by atoms with E-state index in [9.17, 15) is 9.59 Å². The molecule has 4 rings (SSSR count). The summed E-state index contributed by atoms with van der Waals surface area (Å²) in [6, 6.07) is 5.42. The van der Waals surface area contributed by atoms with E-state index < -0.39 is 0 Å². The van der Waals surface area contributed by atoms with E-state index >= 15 is 0 Å². The molecule has 2 aliphatic rings. The van der Waals surface area contributed by atoms with Gasteiger partial charge < -0.3 is 25.6 Å². The van der Waals surface area contributed by atoms with E-state index in [0.717, 1.165) is 42.0 Å². The fourth-order valence-electron chi connectivity index (χ4n) is 3.48. The third-order valence-electron chi connectivity index (χ3n) is 5.13. The molecule has 0 bridgehead atoms. The van der Waals surface area contributed by atoms with E-state index in [2.05, 4.69) is 15.8 Å². The number of anilines is 2. The monoisotopic (exact) mass is 416 g/mol. The number of rotatable bonds is 4. The largest absolute Gasteiger partial charge is 0.397 e. The highest BCUT2D eigenvalue weighted by atomic mass is 16.5. The van der Waals surface area contributed by atoms with Gasteiger partial charge in [-0.15, -0.1) is 0 Å². The second kappa shape index (κ2) is 12.0. The van der Waals surface area contributed by atoms with Gasteiger partial charge in [-0.05, 0) is 50.8 Å². The summed E-state index contributed by atoms with van der Waals surface area (Å²) in [7, 11) is 1.80. The minimum atomic E-state index is 0.204. The summed E-state index contributed by atoms with van der Waals surface area (Å²) in [6.07, 6.45) is 8.28.